The van der Waals surface area contributed by atoms with E-state index in [1.807, 2.05) is 72.8 Å². The molecule has 36 heavy (non-hydrogen) atoms. The number of hydrogen-bond donors (Lipinski definition) is 1. The molecule has 1 N–H and O–H groups in total. The van der Waals surface area contributed by atoms with Crippen molar-refractivity contribution in [2.24, 2.45) is 11.8 Å². The zero-order chi connectivity index (χ0) is 24.6. The van der Waals surface area contributed by atoms with Gasteiger partial charge in [0.1, 0.15) is 17.5 Å². The molecule has 1 amide bonds. The number of thioether (sulfide) groups is 1. The van der Waals surface area contributed by atoms with Crippen LogP contribution in [0.4, 0.5) is 5.69 Å². The highest BCUT2D eigenvalue weighted by atomic mass is 32.2. The molecule has 0 radical (unpaired) electrons. The van der Waals surface area contributed by atoms with Gasteiger partial charge in [-0.1, -0.05) is 48.5 Å². The van der Waals surface area contributed by atoms with Gasteiger partial charge in [-0.3, -0.25) is 4.79 Å². The summed E-state index contributed by atoms with van der Waals surface area (Å²) in [7, 11) is 1.64. The summed E-state index contributed by atoms with van der Waals surface area (Å²) in [5, 5.41) is 10.9. The van der Waals surface area contributed by atoms with Crippen LogP contribution in [0, 0.1) is 11.8 Å². The average molecular weight is 502 g/mol. The van der Waals surface area contributed by atoms with Crippen molar-refractivity contribution >= 4 is 23.4 Å². The Labute approximate surface area is 216 Å². The van der Waals surface area contributed by atoms with Gasteiger partial charge in [0.2, 0.25) is 5.91 Å². The predicted octanol–water partition coefficient (Wildman–Crippen LogP) is 6.00. The Kier molecular flexibility index (Phi) is 6.40. The number of ether oxygens (including phenoxy) is 2. The maximum absolute atomic E-state index is 13.8. The van der Waals surface area contributed by atoms with Gasteiger partial charge >= 0.3 is 0 Å². The summed E-state index contributed by atoms with van der Waals surface area (Å²) in [4.78, 5) is 16.6. The van der Waals surface area contributed by atoms with Crippen LogP contribution in [0.2, 0.25) is 0 Å². The SMILES string of the molecule is COc1ccc(C(O)C2Sc3ccccc3N(Cc3ccccc3)C2=O)cc1OC1CC2CCC1C2. The molecule has 0 saturated heterocycles. The summed E-state index contributed by atoms with van der Waals surface area (Å²) in [6.45, 7) is 0.460. The molecule has 1 heterocycles. The van der Waals surface area contributed by atoms with Crippen molar-refractivity contribution in [2.75, 3.05) is 12.0 Å². The van der Waals surface area contributed by atoms with E-state index in [0.717, 1.165) is 28.5 Å². The number of amides is 1. The van der Waals surface area contributed by atoms with E-state index in [0.29, 0.717) is 29.5 Å². The second-order valence-corrected chi connectivity index (χ2v) is 11.3. The molecule has 3 aromatic rings. The Hall–Kier alpha value is -2.96. The van der Waals surface area contributed by atoms with Gasteiger partial charge in [0.15, 0.2) is 11.5 Å². The van der Waals surface area contributed by atoms with E-state index in [4.69, 9.17) is 9.47 Å². The zero-order valence-electron chi connectivity index (χ0n) is 20.4. The minimum Gasteiger partial charge on any atom is -0.493 e. The quantitative estimate of drug-likeness (QED) is 0.430. The van der Waals surface area contributed by atoms with Crippen molar-refractivity contribution in [2.45, 2.75) is 54.6 Å². The number of aliphatic hydroxyl groups is 1. The number of anilines is 1. The highest BCUT2D eigenvalue weighted by Crippen LogP contribution is 2.48. The second kappa shape index (κ2) is 9.83. The summed E-state index contributed by atoms with van der Waals surface area (Å²) in [6, 6.07) is 23.4. The number of rotatable bonds is 7. The minimum absolute atomic E-state index is 0.0959. The molecule has 2 saturated carbocycles. The molecule has 3 aliphatic rings. The normalized spacial score (nSPS) is 25.5. The third-order valence-electron chi connectivity index (χ3n) is 7.87. The lowest BCUT2D eigenvalue weighted by molar-refractivity contribution is -0.120. The van der Waals surface area contributed by atoms with Crippen LogP contribution in [-0.2, 0) is 11.3 Å². The topological polar surface area (TPSA) is 59.0 Å². The number of nitrogens with zero attached hydrogens (tertiary/aromatic N) is 1. The monoisotopic (exact) mass is 501 g/mol. The Morgan fingerprint density at radius 1 is 1.00 bits per heavy atom. The molecule has 2 aliphatic carbocycles. The van der Waals surface area contributed by atoms with Gasteiger partial charge in [0.05, 0.1) is 19.3 Å². The maximum atomic E-state index is 13.8. The maximum Gasteiger partial charge on any atom is 0.243 e. The summed E-state index contributed by atoms with van der Waals surface area (Å²) >= 11 is 1.43. The van der Waals surface area contributed by atoms with Gasteiger partial charge < -0.3 is 19.5 Å². The molecular formula is C30H31NO4S. The molecular weight excluding hydrogens is 470 g/mol. The lowest BCUT2D eigenvalue weighted by Crippen LogP contribution is -2.43. The van der Waals surface area contributed by atoms with Gasteiger partial charge in [-0.15, -0.1) is 11.8 Å². The molecule has 5 nitrogen and oxygen atoms in total. The van der Waals surface area contributed by atoms with Crippen LogP contribution in [0.1, 0.15) is 42.9 Å². The van der Waals surface area contributed by atoms with Crippen molar-refractivity contribution in [3.05, 3.63) is 83.9 Å². The Balaban J connectivity index is 1.28. The summed E-state index contributed by atoms with van der Waals surface area (Å²) < 4.78 is 12.0. The molecule has 1 aliphatic heterocycles. The standard InChI is InChI=1S/C30H31NO4S/c1-34-24-14-13-22(17-26(24)35-25-16-20-11-12-21(25)15-20)28(32)29-30(33)31(18-19-7-3-2-4-8-19)23-9-5-6-10-27(23)36-29/h2-10,13-14,17,20-21,25,28-29,32H,11-12,15-16,18H2,1H3. The summed E-state index contributed by atoms with van der Waals surface area (Å²) in [5.41, 5.74) is 2.60. The van der Waals surface area contributed by atoms with E-state index in [1.165, 1.54) is 31.0 Å². The van der Waals surface area contributed by atoms with Crippen LogP contribution < -0.4 is 14.4 Å². The smallest absolute Gasteiger partial charge is 0.243 e. The zero-order valence-corrected chi connectivity index (χ0v) is 21.2. The Bertz CT molecular complexity index is 1250. The highest BCUT2D eigenvalue weighted by Gasteiger charge is 2.42. The van der Waals surface area contributed by atoms with Crippen LogP contribution >= 0.6 is 11.8 Å². The molecule has 5 unspecified atom stereocenters. The summed E-state index contributed by atoms with van der Waals surface area (Å²) in [5.74, 6) is 2.59. The molecule has 0 aromatic heterocycles. The van der Waals surface area contributed by atoms with Gasteiger partial charge in [-0.25, -0.2) is 0 Å². The number of fused-ring (bicyclic) bond motifs is 3. The molecule has 2 bridgehead atoms. The van der Waals surface area contributed by atoms with Crippen molar-refractivity contribution < 1.29 is 19.4 Å². The van der Waals surface area contributed by atoms with Gasteiger partial charge in [-0.05, 0) is 72.9 Å². The lowest BCUT2D eigenvalue weighted by atomic mass is 9.97. The van der Waals surface area contributed by atoms with Crippen LogP contribution in [0.5, 0.6) is 11.5 Å². The Morgan fingerprint density at radius 2 is 1.81 bits per heavy atom. The van der Waals surface area contributed by atoms with Gasteiger partial charge in [0.25, 0.3) is 0 Å². The van der Waals surface area contributed by atoms with Crippen molar-refractivity contribution in [3.8, 4) is 11.5 Å². The van der Waals surface area contributed by atoms with Crippen LogP contribution in [0.3, 0.4) is 0 Å². The number of methoxy groups -OCH3 is 1. The van der Waals surface area contributed by atoms with Crippen molar-refractivity contribution in [1.82, 2.24) is 0 Å². The van der Waals surface area contributed by atoms with E-state index in [2.05, 4.69) is 0 Å². The van der Waals surface area contributed by atoms with Crippen molar-refractivity contribution in [3.63, 3.8) is 0 Å². The fourth-order valence-corrected chi connectivity index (χ4v) is 7.25. The number of carbonyl (C=O) groups is 1. The van der Waals surface area contributed by atoms with E-state index in [1.54, 1.807) is 12.0 Å². The first-order valence-corrected chi connectivity index (χ1v) is 13.6. The highest BCUT2D eigenvalue weighted by molar-refractivity contribution is 8.01. The van der Waals surface area contributed by atoms with Crippen LogP contribution in [-0.4, -0.2) is 29.5 Å². The summed E-state index contributed by atoms with van der Waals surface area (Å²) in [6.07, 6.45) is 4.08. The molecule has 5 atom stereocenters. The third kappa shape index (κ3) is 4.37. The molecule has 6 rings (SSSR count). The molecule has 2 fully saturated rings. The first-order chi connectivity index (χ1) is 17.6. The molecule has 3 aromatic carbocycles. The average Bonchev–Trinajstić information content (AvgIpc) is 3.54. The third-order valence-corrected chi connectivity index (χ3v) is 9.18. The van der Waals surface area contributed by atoms with Gasteiger partial charge in [0, 0.05) is 4.90 Å². The second-order valence-electron chi connectivity index (χ2n) is 10.1. The lowest BCUT2D eigenvalue weighted by Gasteiger charge is -2.36. The van der Waals surface area contributed by atoms with E-state index in [-0.39, 0.29) is 12.0 Å². The van der Waals surface area contributed by atoms with Crippen molar-refractivity contribution in [1.29, 1.82) is 0 Å². The number of aliphatic hydroxyl groups excluding tert-OH is 1. The van der Waals surface area contributed by atoms with Gasteiger partial charge in [-0.2, -0.15) is 0 Å². The largest absolute Gasteiger partial charge is 0.493 e. The number of para-hydroxylation sites is 1. The number of benzene rings is 3. The van der Waals surface area contributed by atoms with E-state index >= 15 is 0 Å². The first-order valence-electron chi connectivity index (χ1n) is 12.7. The number of carbonyl (C=O) groups excluding carboxylic acids is 1. The van der Waals surface area contributed by atoms with E-state index in [9.17, 15) is 9.90 Å². The van der Waals surface area contributed by atoms with Crippen LogP contribution in [0.15, 0.2) is 77.7 Å². The fourth-order valence-electron chi connectivity index (χ4n) is 6.01. The molecule has 6 heteroatoms. The van der Waals surface area contributed by atoms with E-state index < -0.39 is 11.4 Å². The Morgan fingerprint density at radius 3 is 2.56 bits per heavy atom. The predicted molar refractivity (Wildman–Crippen MR) is 142 cm³/mol. The first kappa shape index (κ1) is 23.4. The molecule has 0 spiro atoms. The fraction of sp³-hybridized carbons (Fsp3) is 0.367. The van der Waals surface area contributed by atoms with Crippen LogP contribution in [0.25, 0.3) is 0 Å². The minimum atomic E-state index is -0.984. The molecule has 186 valence electrons. The number of hydrogen-bond acceptors (Lipinski definition) is 5.